The van der Waals surface area contributed by atoms with Gasteiger partial charge in [0.2, 0.25) is 0 Å². The van der Waals surface area contributed by atoms with Gasteiger partial charge in [-0.3, -0.25) is 9.69 Å². The van der Waals surface area contributed by atoms with E-state index in [0.717, 1.165) is 61.8 Å². The second-order valence-electron chi connectivity index (χ2n) is 7.26. The minimum absolute atomic E-state index is 0.0134. The number of likely N-dealkylation sites (tertiary alicyclic amines) is 1. The maximum atomic E-state index is 13.2. The summed E-state index contributed by atoms with van der Waals surface area (Å²) < 4.78 is 17.5. The van der Waals surface area contributed by atoms with Crippen LogP contribution in [0.15, 0.2) is 34.7 Å². The molecule has 3 heterocycles. The first kappa shape index (κ1) is 18.9. The Hall–Kier alpha value is -2.47. The number of fused-ring (bicyclic) bond motifs is 1. The summed E-state index contributed by atoms with van der Waals surface area (Å²) >= 11 is 0. The summed E-state index contributed by atoms with van der Waals surface area (Å²) in [5.74, 6) is 2.73. The fourth-order valence-electron chi connectivity index (χ4n) is 4.08. The molecule has 0 N–H and O–H groups in total. The molecule has 1 atom stereocenters. The van der Waals surface area contributed by atoms with E-state index in [4.69, 9.17) is 13.9 Å². The summed E-state index contributed by atoms with van der Waals surface area (Å²) in [4.78, 5) is 17.4. The van der Waals surface area contributed by atoms with Gasteiger partial charge in [-0.05, 0) is 44.1 Å². The number of nitrogens with zero attached hydrogens (tertiary/aromatic N) is 2. The zero-order chi connectivity index (χ0) is 19.5. The fraction of sp³-hybridized carbons (Fsp3) is 0.500. The van der Waals surface area contributed by atoms with Crippen molar-refractivity contribution >= 4 is 5.91 Å². The summed E-state index contributed by atoms with van der Waals surface area (Å²) in [6.07, 6.45) is 1.88. The van der Waals surface area contributed by atoms with Crippen LogP contribution in [-0.2, 0) is 6.54 Å². The Bertz CT molecular complexity index is 828. The predicted octanol–water partition coefficient (Wildman–Crippen LogP) is 3.87. The fourth-order valence-corrected chi connectivity index (χ4v) is 4.08. The number of hydrogen-bond donors (Lipinski definition) is 0. The van der Waals surface area contributed by atoms with Gasteiger partial charge in [0, 0.05) is 12.1 Å². The number of carbonyl (C=O) groups is 1. The molecule has 1 aromatic heterocycles. The van der Waals surface area contributed by atoms with Gasteiger partial charge in [0.15, 0.2) is 17.3 Å². The summed E-state index contributed by atoms with van der Waals surface area (Å²) in [7, 11) is 0. The molecule has 2 aliphatic rings. The Labute approximate surface area is 166 Å². The highest BCUT2D eigenvalue weighted by Crippen LogP contribution is 2.43. The van der Waals surface area contributed by atoms with Crippen molar-refractivity contribution in [2.75, 3.05) is 32.8 Å². The van der Waals surface area contributed by atoms with Crippen molar-refractivity contribution in [1.82, 2.24) is 9.80 Å². The molecule has 0 radical (unpaired) electrons. The SMILES string of the molecule is CCN(CC)Cc1ccc(C(=O)N2CCCC2c2cccc3c2OCCO3)o1. The standard InChI is InChI=1S/C22H28N2O4/c1-3-23(4-2)15-16-10-11-20(28-16)22(25)24-12-6-8-18(24)17-7-5-9-19-21(17)27-14-13-26-19/h5,7,9-11,18H,3-4,6,8,12-15H2,1-2H3. The molecule has 6 heteroatoms. The first-order valence-corrected chi connectivity index (χ1v) is 10.2. The van der Waals surface area contributed by atoms with Crippen LogP contribution in [0.1, 0.15) is 54.6 Å². The average Bonchev–Trinajstić information content (AvgIpc) is 3.41. The number of carbonyl (C=O) groups excluding carboxylic acids is 1. The maximum absolute atomic E-state index is 13.2. The second-order valence-corrected chi connectivity index (χ2v) is 7.26. The van der Waals surface area contributed by atoms with E-state index in [0.29, 0.717) is 19.0 Å². The van der Waals surface area contributed by atoms with Crippen molar-refractivity contribution in [1.29, 1.82) is 0 Å². The minimum atomic E-state index is -0.0531. The highest BCUT2D eigenvalue weighted by atomic mass is 16.6. The van der Waals surface area contributed by atoms with Crippen LogP contribution in [0.3, 0.4) is 0 Å². The number of para-hydroxylation sites is 1. The molecule has 4 rings (SSSR count). The highest BCUT2D eigenvalue weighted by Gasteiger charge is 2.35. The van der Waals surface area contributed by atoms with Crippen molar-refractivity contribution in [3.8, 4) is 11.5 Å². The van der Waals surface area contributed by atoms with Gasteiger partial charge in [-0.15, -0.1) is 0 Å². The lowest BCUT2D eigenvalue weighted by molar-refractivity contribution is 0.0695. The van der Waals surface area contributed by atoms with Crippen molar-refractivity contribution in [3.05, 3.63) is 47.4 Å². The van der Waals surface area contributed by atoms with Crippen LogP contribution in [0.5, 0.6) is 11.5 Å². The molecule has 1 saturated heterocycles. The number of amides is 1. The molecule has 2 aromatic rings. The van der Waals surface area contributed by atoms with Gasteiger partial charge in [-0.1, -0.05) is 26.0 Å². The highest BCUT2D eigenvalue weighted by molar-refractivity contribution is 5.92. The van der Waals surface area contributed by atoms with Crippen molar-refractivity contribution in [2.24, 2.45) is 0 Å². The van der Waals surface area contributed by atoms with Crippen LogP contribution < -0.4 is 9.47 Å². The number of furan rings is 1. The molecular weight excluding hydrogens is 356 g/mol. The van der Waals surface area contributed by atoms with Gasteiger partial charge in [-0.25, -0.2) is 0 Å². The van der Waals surface area contributed by atoms with Crippen LogP contribution in [0.2, 0.25) is 0 Å². The maximum Gasteiger partial charge on any atom is 0.290 e. The number of ether oxygens (including phenoxy) is 2. The van der Waals surface area contributed by atoms with Gasteiger partial charge >= 0.3 is 0 Å². The first-order valence-electron chi connectivity index (χ1n) is 10.2. The molecule has 0 bridgehead atoms. The quantitative estimate of drug-likeness (QED) is 0.757. The lowest BCUT2D eigenvalue weighted by Gasteiger charge is -2.28. The summed E-state index contributed by atoms with van der Waals surface area (Å²) in [6, 6.07) is 9.64. The summed E-state index contributed by atoms with van der Waals surface area (Å²) in [5, 5.41) is 0. The van der Waals surface area contributed by atoms with Crippen molar-refractivity contribution in [2.45, 2.75) is 39.3 Å². The molecule has 0 saturated carbocycles. The van der Waals surface area contributed by atoms with Gasteiger partial charge in [0.05, 0.1) is 12.6 Å². The Balaban J connectivity index is 1.54. The predicted molar refractivity (Wildman–Crippen MR) is 106 cm³/mol. The van der Waals surface area contributed by atoms with Gasteiger partial charge in [-0.2, -0.15) is 0 Å². The molecule has 1 fully saturated rings. The lowest BCUT2D eigenvalue weighted by Crippen LogP contribution is -2.31. The second kappa shape index (κ2) is 8.27. The average molecular weight is 384 g/mol. The van der Waals surface area contributed by atoms with Crippen LogP contribution in [0.25, 0.3) is 0 Å². The van der Waals surface area contributed by atoms with E-state index >= 15 is 0 Å². The third-order valence-corrected chi connectivity index (χ3v) is 5.62. The Kier molecular flexibility index (Phi) is 5.57. The van der Waals surface area contributed by atoms with Crippen molar-refractivity contribution in [3.63, 3.8) is 0 Å². The third kappa shape index (κ3) is 3.61. The molecule has 1 unspecified atom stereocenters. The topological polar surface area (TPSA) is 55.2 Å². The molecule has 28 heavy (non-hydrogen) atoms. The first-order chi connectivity index (χ1) is 13.7. The van der Waals surface area contributed by atoms with Crippen LogP contribution in [0, 0.1) is 0 Å². The van der Waals surface area contributed by atoms with Gasteiger partial charge in [0.1, 0.15) is 19.0 Å². The van der Waals surface area contributed by atoms with E-state index in [2.05, 4.69) is 18.7 Å². The van der Waals surface area contributed by atoms with E-state index in [1.165, 1.54) is 0 Å². The van der Waals surface area contributed by atoms with Crippen LogP contribution in [-0.4, -0.2) is 48.6 Å². The number of hydrogen-bond acceptors (Lipinski definition) is 5. The molecule has 1 amide bonds. The van der Waals surface area contributed by atoms with E-state index in [-0.39, 0.29) is 11.9 Å². The number of benzene rings is 1. The normalized spacial score (nSPS) is 18.7. The van der Waals surface area contributed by atoms with E-state index < -0.39 is 0 Å². The summed E-state index contributed by atoms with van der Waals surface area (Å²) in [5.41, 5.74) is 1.03. The lowest BCUT2D eigenvalue weighted by atomic mass is 10.0. The Morgan fingerprint density at radius 1 is 1.14 bits per heavy atom. The largest absolute Gasteiger partial charge is 0.486 e. The summed E-state index contributed by atoms with van der Waals surface area (Å²) in [6.45, 7) is 8.70. The molecule has 0 spiro atoms. The smallest absolute Gasteiger partial charge is 0.290 e. The molecular formula is C22H28N2O4. The Morgan fingerprint density at radius 3 is 2.79 bits per heavy atom. The minimum Gasteiger partial charge on any atom is -0.486 e. The molecule has 150 valence electrons. The molecule has 2 aliphatic heterocycles. The van der Waals surface area contributed by atoms with Gasteiger partial charge in [0.25, 0.3) is 5.91 Å². The molecule has 0 aliphatic carbocycles. The monoisotopic (exact) mass is 384 g/mol. The van der Waals surface area contributed by atoms with Crippen molar-refractivity contribution < 1.29 is 18.7 Å². The third-order valence-electron chi connectivity index (χ3n) is 5.62. The van der Waals surface area contributed by atoms with Crippen LogP contribution in [0.4, 0.5) is 0 Å². The van der Waals surface area contributed by atoms with Crippen LogP contribution >= 0.6 is 0 Å². The molecule has 1 aromatic carbocycles. The van der Waals surface area contributed by atoms with Gasteiger partial charge < -0.3 is 18.8 Å². The zero-order valence-electron chi connectivity index (χ0n) is 16.6. The van der Waals surface area contributed by atoms with E-state index in [1.54, 1.807) is 6.07 Å². The van der Waals surface area contributed by atoms with E-state index in [9.17, 15) is 4.79 Å². The zero-order valence-corrected chi connectivity index (χ0v) is 16.6. The molecule has 6 nitrogen and oxygen atoms in total. The van der Waals surface area contributed by atoms with E-state index in [1.807, 2.05) is 29.2 Å². The Morgan fingerprint density at radius 2 is 1.96 bits per heavy atom. The number of rotatable bonds is 6.